The number of carbonyl (C=O) groups is 1. The number of amides is 1. The van der Waals surface area contributed by atoms with E-state index in [0.717, 1.165) is 19.3 Å². The third-order valence-electron chi connectivity index (χ3n) is 4.92. The number of nitro groups is 1. The number of fused-ring (bicyclic) bond motifs is 1. The van der Waals surface area contributed by atoms with E-state index < -0.39 is 4.92 Å². The number of nitrogens with one attached hydrogen (secondary N) is 1. The summed E-state index contributed by atoms with van der Waals surface area (Å²) in [6.45, 7) is 2.66. The van der Waals surface area contributed by atoms with Gasteiger partial charge in [-0.25, -0.2) is 0 Å². The van der Waals surface area contributed by atoms with Crippen LogP contribution in [0.15, 0.2) is 29.6 Å². The maximum Gasteiger partial charge on any atom is 0.293 e. The van der Waals surface area contributed by atoms with Gasteiger partial charge in [0, 0.05) is 29.1 Å². The molecule has 130 valence electrons. The van der Waals surface area contributed by atoms with Gasteiger partial charge in [-0.2, -0.15) is 0 Å². The SMILES string of the molecule is C[C@H]1c2ccsc2CCN1C(=O)c1ccc(NC2CC2)c([N+](=O)[O-])c1. The number of thiophene rings is 1. The van der Waals surface area contributed by atoms with E-state index in [1.54, 1.807) is 23.5 Å². The minimum Gasteiger partial charge on any atom is -0.377 e. The third-order valence-corrected chi connectivity index (χ3v) is 5.91. The number of hydrogen-bond acceptors (Lipinski definition) is 5. The van der Waals surface area contributed by atoms with Crippen molar-refractivity contribution in [2.45, 2.75) is 38.3 Å². The Morgan fingerprint density at radius 3 is 2.88 bits per heavy atom. The van der Waals surface area contributed by atoms with Gasteiger partial charge >= 0.3 is 0 Å². The van der Waals surface area contributed by atoms with Crippen molar-refractivity contribution in [2.24, 2.45) is 0 Å². The second kappa shape index (κ2) is 6.15. The monoisotopic (exact) mass is 357 g/mol. The molecule has 4 rings (SSSR count). The molecule has 1 amide bonds. The summed E-state index contributed by atoms with van der Waals surface area (Å²) in [5.41, 5.74) is 2.03. The van der Waals surface area contributed by atoms with Crippen molar-refractivity contribution >= 4 is 28.6 Å². The van der Waals surface area contributed by atoms with Crippen LogP contribution in [0, 0.1) is 10.1 Å². The Labute approximate surface area is 149 Å². The van der Waals surface area contributed by atoms with E-state index in [1.165, 1.54) is 16.5 Å². The Balaban J connectivity index is 1.61. The molecule has 6 nitrogen and oxygen atoms in total. The highest BCUT2D eigenvalue weighted by Gasteiger charge is 2.31. The fourth-order valence-electron chi connectivity index (χ4n) is 3.34. The molecule has 0 bridgehead atoms. The maximum atomic E-state index is 12.9. The minimum atomic E-state index is -0.419. The smallest absolute Gasteiger partial charge is 0.293 e. The lowest BCUT2D eigenvalue weighted by Gasteiger charge is -2.33. The van der Waals surface area contributed by atoms with Crippen molar-refractivity contribution in [3.8, 4) is 0 Å². The van der Waals surface area contributed by atoms with Crippen molar-refractivity contribution in [1.29, 1.82) is 0 Å². The second-order valence-corrected chi connectivity index (χ2v) is 7.63. The number of benzene rings is 1. The van der Waals surface area contributed by atoms with E-state index in [4.69, 9.17) is 0 Å². The van der Waals surface area contributed by atoms with Gasteiger partial charge in [-0.05, 0) is 55.3 Å². The molecule has 1 N–H and O–H groups in total. The van der Waals surface area contributed by atoms with Crippen LogP contribution in [0.25, 0.3) is 0 Å². The predicted molar refractivity (Wildman–Crippen MR) is 97.2 cm³/mol. The van der Waals surface area contributed by atoms with Crippen LogP contribution < -0.4 is 5.32 Å². The molecule has 1 aliphatic carbocycles. The summed E-state index contributed by atoms with van der Waals surface area (Å²) < 4.78 is 0. The van der Waals surface area contributed by atoms with Gasteiger partial charge in [0.25, 0.3) is 11.6 Å². The number of anilines is 1. The highest BCUT2D eigenvalue weighted by molar-refractivity contribution is 7.10. The molecule has 1 saturated carbocycles. The zero-order valence-corrected chi connectivity index (χ0v) is 14.7. The van der Waals surface area contributed by atoms with Gasteiger partial charge in [0.2, 0.25) is 0 Å². The summed E-state index contributed by atoms with van der Waals surface area (Å²) in [5.74, 6) is -0.148. The lowest BCUT2D eigenvalue weighted by Crippen LogP contribution is -2.38. The molecule has 0 unspecified atom stereocenters. The Bertz CT molecular complexity index is 844. The van der Waals surface area contributed by atoms with Gasteiger partial charge in [0.1, 0.15) is 5.69 Å². The summed E-state index contributed by atoms with van der Waals surface area (Å²) in [4.78, 5) is 27.1. The summed E-state index contributed by atoms with van der Waals surface area (Å²) >= 11 is 1.72. The van der Waals surface area contributed by atoms with Gasteiger partial charge in [0.15, 0.2) is 0 Å². The van der Waals surface area contributed by atoms with Crippen LogP contribution in [-0.4, -0.2) is 28.3 Å². The van der Waals surface area contributed by atoms with Crippen molar-refractivity contribution in [1.82, 2.24) is 4.90 Å². The summed E-state index contributed by atoms with van der Waals surface area (Å²) in [6, 6.07) is 7.13. The molecule has 2 heterocycles. The second-order valence-electron chi connectivity index (χ2n) is 6.63. The molecule has 1 atom stereocenters. The molecule has 0 spiro atoms. The van der Waals surface area contributed by atoms with E-state index in [1.807, 2.05) is 11.8 Å². The van der Waals surface area contributed by atoms with Crippen LogP contribution >= 0.6 is 11.3 Å². The predicted octanol–water partition coefficient (Wildman–Crippen LogP) is 3.99. The quantitative estimate of drug-likeness (QED) is 0.663. The van der Waals surface area contributed by atoms with Crippen molar-refractivity contribution in [3.63, 3.8) is 0 Å². The summed E-state index contributed by atoms with van der Waals surface area (Å²) in [7, 11) is 0. The van der Waals surface area contributed by atoms with Crippen molar-refractivity contribution in [3.05, 3.63) is 55.8 Å². The Morgan fingerprint density at radius 2 is 2.16 bits per heavy atom. The summed E-state index contributed by atoms with van der Waals surface area (Å²) in [6.07, 6.45) is 2.91. The molecule has 1 aliphatic heterocycles. The highest BCUT2D eigenvalue weighted by atomic mass is 32.1. The molecule has 1 aromatic carbocycles. The molecule has 0 radical (unpaired) electrons. The van der Waals surface area contributed by atoms with Crippen LogP contribution in [0.2, 0.25) is 0 Å². The summed E-state index contributed by atoms with van der Waals surface area (Å²) in [5, 5.41) is 16.6. The number of rotatable bonds is 4. The van der Waals surface area contributed by atoms with Gasteiger partial charge < -0.3 is 10.2 Å². The van der Waals surface area contributed by atoms with Crippen LogP contribution in [0.1, 0.15) is 46.6 Å². The fourth-order valence-corrected chi connectivity index (χ4v) is 4.30. The first-order valence-corrected chi connectivity index (χ1v) is 9.35. The molecule has 2 aromatic rings. The van der Waals surface area contributed by atoms with Gasteiger partial charge in [-0.1, -0.05) is 0 Å². The number of hydrogen-bond donors (Lipinski definition) is 1. The lowest BCUT2D eigenvalue weighted by molar-refractivity contribution is -0.384. The van der Waals surface area contributed by atoms with Gasteiger partial charge in [-0.15, -0.1) is 11.3 Å². The van der Waals surface area contributed by atoms with E-state index in [-0.39, 0.29) is 17.6 Å². The van der Waals surface area contributed by atoms with E-state index in [2.05, 4.69) is 16.8 Å². The zero-order valence-electron chi connectivity index (χ0n) is 13.9. The Hall–Kier alpha value is -2.41. The highest BCUT2D eigenvalue weighted by Crippen LogP contribution is 2.35. The Kier molecular flexibility index (Phi) is 3.95. The zero-order chi connectivity index (χ0) is 17.6. The van der Waals surface area contributed by atoms with Crippen molar-refractivity contribution in [2.75, 3.05) is 11.9 Å². The largest absolute Gasteiger partial charge is 0.377 e. The average Bonchev–Trinajstić information content (AvgIpc) is 3.28. The van der Waals surface area contributed by atoms with Crippen molar-refractivity contribution < 1.29 is 9.72 Å². The lowest BCUT2D eigenvalue weighted by atomic mass is 10.00. The first kappa shape index (κ1) is 16.1. The molecular formula is C18H19N3O3S. The maximum absolute atomic E-state index is 12.9. The first-order valence-electron chi connectivity index (χ1n) is 8.47. The van der Waals surface area contributed by atoms with Crippen LogP contribution in [0.4, 0.5) is 11.4 Å². The molecule has 25 heavy (non-hydrogen) atoms. The van der Waals surface area contributed by atoms with E-state index in [9.17, 15) is 14.9 Å². The molecule has 1 fully saturated rings. The molecule has 7 heteroatoms. The van der Waals surface area contributed by atoms with E-state index >= 15 is 0 Å². The van der Waals surface area contributed by atoms with Crippen LogP contribution in [0.5, 0.6) is 0 Å². The molecular weight excluding hydrogens is 338 g/mol. The number of nitro benzene ring substituents is 1. The van der Waals surface area contributed by atoms with Crippen LogP contribution in [0.3, 0.4) is 0 Å². The third kappa shape index (κ3) is 3.00. The standard InChI is InChI=1S/C18H19N3O3S/c1-11-14-7-9-25-17(14)6-8-20(11)18(22)12-2-5-15(19-13-3-4-13)16(10-12)21(23)24/h2,5,7,9-11,13,19H,3-4,6,8H2,1H3/t11-/m0/s1. The normalized spacial score (nSPS) is 19.4. The topological polar surface area (TPSA) is 75.5 Å². The van der Waals surface area contributed by atoms with E-state index in [0.29, 0.717) is 23.8 Å². The Morgan fingerprint density at radius 1 is 1.36 bits per heavy atom. The number of nitrogens with zero attached hydrogens (tertiary/aromatic N) is 2. The average molecular weight is 357 g/mol. The molecule has 0 saturated heterocycles. The number of carbonyl (C=O) groups excluding carboxylic acids is 1. The van der Waals surface area contributed by atoms with Gasteiger partial charge in [0.05, 0.1) is 11.0 Å². The first-order chi connectivity index (χ1) is 12.0. The molecule has 2 aliphatic rings. The minimum absolute atomic E-state index is 0.00850. The van der Waals surface area contributed by atoms with Crippen LogP contribution in [-0.2, 0) is 6.42 Å². The molecule has 1 aromatic heterocycles. The fraction of sp³-hybridized carbons (Fsp3) is 0.389. The van der Waals surface area contributed by atoms with Gasteiger partial charge in [-0.3, -0.25) is 14.9 Å².